The number of nitrogens with one attached hydrogen (secondary N) is 2. The number of ether oxygens (including phenoxy) is 1. The summed E-state index contributed by atoms with van der Waals surface area (Å²) < 4.78 is 5.51. The molecule has 3 rings (SSSR count). The lowest BCUT2D eigenvalue weighted by Gasteiger charge is -2.01. The van der Waals surface area contributed by atoms with E-state index in [2.05, 4.69) is 35.2 Å². The van der Waals surface area contributed by atoms with Gasteiger partial charge in [0.15, 0.2) is 0 Å². The highest BCUT2D eigenvalue weighted by atomic mass is 16.5. The van der Waals surface area contributed by atoms with Crippen molar-refractivity contribution in [2.24, 2.45) is 4.99 Å². The first-order chi connectivity index (χ1) is 14.3. The molecule has 156 valence electrons. The second-order valence-corrected chi connectivity index (χ2v) is 7.86. The van der Waals surface area contributed by atoms with E-state index in [0.717, 1.165) is 35.0 Å². The van der Waals surface area contributed by atoms with Crippen molar-refractivity contribution in [3.63, 3.8) is 0 Å². The number of nitrogens with zero attached hydrogens (tertiary/aromatic N) is 1. The fourth-order valence-corrected chi connectivity index (χ4v) is 3.78. The van der Waals surface area contributed by atoms with Crippen molar-refractivity contribution >= 4 is 11.8 Å². The second kappa shape index (κ2) is 11.5. The number of hydrogen-bond donors (Lipinski definition) is 2. The number of methoxy groups -OCH3 is 1. The van der Waals surface area contributed by atoms with E-state index in [-0.39, 0.29) is 0 Å². The van der Waals surface area contributed by atoms with Crippen LogP contribution in [0.2, 0.25) is 0 Å². The Kier molecular flexibility index (Phi) is 8.41. The van der Waals surface area contributed by atoms with Crippen molar-refractivity contribution < 1.29 is 4.74 Å². The predicted molar refractivity (Wildman–Crippen MR) is 122 cm³/mol. The standard InChI is InChI=1S/C25H35N3O/c1-3-4-5-6-7-8-9-10-11-13-20-16-21(27-19-20)17-24-25(29-2)18-23(28-24)22-14-12-15-26-22/h12,14-19,26-27H,3-11,13H2,1-2H3/b24-17+. The van der Waals surface area contributed by atoms with Gasteiger partial charge in [0.2, 0.25) is 0 Å². The molecule has 0 aromatic carbocycles. The minimum absolute atomic E-state index is 0.796. The Bertz CT molecular complexity index is 824. The van der Waals surface area contributed by atoms with Gasteiger partial charge in [-0.2, -0.15) is 0 Å². The van der Waals surface area contributed by atoms with E-state index >= 15 is 0 Å². The van der Waals surface area contributed by atoms with Crippen molar-refractivity contribution in [1.29, 1.82) is 0 Å². The summed E-state index contributed by atoms with van der Waals surface area (Å²) >= 11 is 0. The van der Waals surface area contributed by atoms with E-state index in [0.29, 0.717) is 0 Å². The van der Waals surface area contributed by atoms with Crippen molar-refractivity contribution in [1.82, 2.24) is 9.97 Å². The Morgan fingerprint density at radius 1 is 1.00 bits per heavy atom. The smallest absolute Gasteiger partial charge is 0.146 e. The van der Waals surface area contributed by atoms with E-state index in [1.54, 1.807) is 7.11 Å². The Morgan fingerprint density at radius 3 is 2.45 bits per heavy atom. The molecule has 0 fully saturated rings. The number of allylic oxidation sites excluding steroid dienone is 1. The van der Waals surface area contributed by atoms with Crippen LogP contribution < -0.4 is 0 Å². The number of H-pyrrole nitrogens is 2. The highest BCUT2D eigenvalue weighted by molar-refractivity contribution is 6.11. The van der Waals surface area contributed by atoms with E-state index in [1.165, 1.54) is 63.4 Å². The number of aromatic nitrogens is 2. The Morgan fingerprint density at radius 2 is 1.76 bits per heavy atom. The molecule has 0 amide bonds. The van der Waals surface area contributed by atoms with Gasteiger partial charge in [-0.05, 0) is 42.7 Å². The molecule has 2 aromatic heterocycles. The molecule has 4 heteroatoms. The number of aryl methyl sites for hydroxylation is 1. The molecule has 3 heterocycles. The highest BCUT2D eigenvalue weighted by Crippen LogP contribution is 2.24. The van der Waals surface area contributed by atoms with Gasteiger partial charge in [0, 0.05) is 24.2 Å². The summed E-state index contributed by atoms with van der Waals surface area (Å²) in [6.07, 6.45) is 21.5. The maximum absolute atomic E-state index is 5.51. The number of hydrogen-bond acceptors (Lipinski definition) is 2. The van der Waals surface area contributed by atoms with E-state index in [4.69, 9.17) is 9.73 Å². The van der Waals surface area contributed by atoms with E-state index < -0.39 is 0 Å². The van der Waals surface area contributed by atoms with Crippen molar-refractivity contribution in [3.8, 4) is 0 Å². The maximum Gasteiger partial charge on any atom is 0.146 e. The molecule has 2 aromatic rings. The van der Waals surface area contributed by atoms with Crippen molar-refractivity contribution in [2.75, 3.05) is 7.11 Å². The zero-order valence-electron chi connectivity index (χ0n) is 18.0. The van der Waals surface area contributed by atoms with Crippen LogP contribution in [0.25, 0.3) is 6.08 Å². The summed E-state index contributed by atoms with van der Waals surface area (Å²) in [6.45, 7) is 2.28. The van der Waals surface area contributed by atoms with Gasteiger partial charge in [-0.3, -0.25) is 0 Å². The first kappa shape index (κ1) is 21.2. The number of aliphatic imine (C=N–C) groups is 1. The van der Waals surface area contributed by atoms with Crippen molar-refractivity contribution in [2.45, 2.75) is 71.1 Å². The molecule has 0 radical (unpaired) electrons. The molecule has 2 N–H and O–H groups in total. The second-order valence-electron chi connectivity index (χ2n) is 7.86. The monoisotopic (exact) mass is 393 g/mol. The van der Waals surface area contributed by atoms with Gasteiger partial charge in [-0.15, -0.1) is 0 Å². The predicted octanol–water partition coefficient (Wildman–Crippen LogP) is 6.79. The minimum atomic E-state index is 0.796. The highest BCUT2D eigenvalue weighted by Gasteiger charge is 2.17. The number of rotatable bonds is 13. The van der Waals surface area contributed by atoms with Crippen LogP contribution in [0.4, 0.5) is 0 Å². The fourth-order valence-electron chi connectivity index (χ4n) is 3.78. The van der Waals surface area contributed by atoms with Crippen molar-refractivity contribution in [3.05, 3.63) is 65.1 Å². The third-order valence-corrected chi connectivity index (χ3v) is 5.48. The Labute approximate surface area is 175 Å². The van der Waals surface area contributed by atoms with Crippen LogP contribution >= 0.6 is 0 Å². The fraction of sp³-hybridized carbons (Fsp3) is 0.480. The van der Waals surface area contributed by atoms with Gasteiger partial charge < -0.3 is 14.7 Å². The van der Waals surface area contributed by atoms with Gasteiger partial charge in [0.25, 0.3) is 0 Å². The van der Waals surface area contributed by atoms with Crippen LogP contribution in [-0.4, -0.2) is 22.8 Å². The normalized spacial score (nSPS) is 15.0. The van der Waals surface area contributed by atoms with Gasteiger partial charge >= 0.3 is 0 Å². The molecule has 1 aliphatic rings. The van der Waals surface area contributed by atoms with Crippen LogP contribution in [-0.2, 0) is 11.2 Å². The Hall–Kier alpha value is -2.49. The summed E-state index contributed by atoms with van der Waals surface area (Å²) in [4.78, 5) is 11.3. The molecule has 0 unspecified atom stereocenters. The van der Waals surface area contributed by atoms with E-state index in [9.17, 15) is 0 Å². The molecule has 0 saturated carbocycles. The maximum atomic E-state index is 5.51. The molecule has 4 nitrogen and oxygen atoms in total. The zero-order chi connectivity index (χ0) is 20.3. The average molecular weight is 394 g/mol. The third kappa shape index (κ3) is 6.52. The molecule has 0 saturated heterocycles. The largest absolute Gasteiger partial charge is 0.494 e. The van der Waals surface area contributed by atoms with Crippen LogP contribution in [0.5, 0.6) is 0 Å². The third-order valence-electron chi connectivity index (χ3n) is 5.48. The topological polar surface area (TPSA) is 53.2 Å². The van der Waals surface area contributed by atoms with Gasteiger partial charge in [0.05, 0.1) is 18.5 Å². The molecule has 0 spiro atoms. The molecule has 0 atom stereocenters. The summed E-state index contributed by atoms with van der Waals surface area (Å²) in [5, 5.41) is 0. The number of unbranched alkanes of at least 4 members (excludes halogenated alkanes) is 8. The minimum Gasteiger partial charge on any atom is -0.494 e. The van der Waals surface area contributed by atoms with Gasteiger partial charge in [0.1, 0.15) is 11.5 Å². The molecule has 0 aliphatic carbocycles. The zero-order valence-corrected chi connectivity index (χ0v) is 18.0. The quantitative estimate of drug-likeness (QED) is 0.362. The summed E-state index contributed by atoms with van der Waals surface area (Å²) in [7, 11) is 1.69. The molecular weight excluding hydrogens is 358 g/mol. The molecular formula is C25H35N3O. The van der Waals surface area contributed by atoms with Crippen LogP contribution in [0, 0.1) is 0 Å². The van der Waals surface area contributed by atoms with Gasteiger partial charge in [-0.1, -0.05) is 58.3 Å². The Balaban J connectivity index is 1.44. The van der Waals surface area contributed by atoms with Gasteiger partial charge in [-0.25, -0.2) is 4.99 Å². The van der Waals surface area contributed by atoms with Crippen LogP contribution in [0.1, 0.15) is 81.7 Å². The average Bonchev–Trinajstić information content (AvgIpc) is 3.48. The molecule has 29 heavy (non-hydrogen) atoms. The molecule has 0 bridgehead atoms. The molecule has 1 aliphatic heterocycles. The lowest BCUT2D eigenvalue weighted by molar-refractivity contribution is 0.303. The lowest BCUT2D eigenvalue weighted by Crippen LogP contribution is -1.93. The van der Waals surface area contributed by atoms with E-state index in [1.807, 2.05) is 24.4 Å². The lowest BCUT2D eigenvalue weighted by atomic mass is 10.0. The SMILES string of the molecule is CCCCCCCCCCCc1c[nH]c(/C=C2/N=C(c3ccc[nH]3)C=C2OC)c1. The first-order valence-electron chi connectivity index (χ1n) is 11.2. The summed E-state index contributed by atoms with van der Waals surface area (Å²) in [5.41, 5.74) is 5.20. The summed E-state index contributed by atoms with van der Waals surface area (Å²) in [6, 6.07) is 6.22. The first-order valence-corrected chi connectivity index (χ1v) is 11.2. The number of aromatic amines is 2. The van der Waals surface area contributed by atoms with Crippen LogP contribution in [0.3, 0.4) is 0 Å². The summed E-state index contributed by atoms with van der Waals surface area (Å²) in [5.74, 6) is 0.796. The van der Waals surface area contributed by atoms with Crippen LogP contribution in [0.15, 0.2) is 53.1 Å².